The number of carbonyl (C=O) groups is 1. The number of esters is 1. The van der Waals surface area contributed by atoms with Crippen LogP contribution in [0.3, 0.4) is 0 Å². The Bertz CT molecular complexity index is 1050. The van der Waals surface area contributed by atoms with Gasteiger partial charge in [-0.05, 0) is 116 Å². The number of hydrogen-bond acceptors (Lipinski definition) is 4. The first-order chi connectivity index (χ1) is 18.2. The molecular weight excluding hydrogens is 472 g/mol. The van der Waals surface area contributed by atoms with E-state index in [1.807, 2.05) is 30.3 Å². The van der Waals surface area contributed by atoms with Gasteiger partial charge >= 0.3 is 5.97 Å². The largest absolute Gasteiger partial charge is 0.459 e. The summed E-state index contributed by atoms with van der Waals surface area (Å²) in [6.45, 7) is 10.9. The summed E-state index contributed by atoms with van der Waals surface area (Å²) in [6, 6.07) is 9.51. The fraction of sp³-hybridized carbons (Fsp3) is 0.794. The van der Waals surface area contributed by atoms with Gasteiger partial charge in [0.15, 0.2) is 5.79 Å². The van der Waals surface area contributed by atoms with Crippen LogP contribution in [0.25, 0.3) is 0 Å². The van der Waals surface area contributed by atoms with Crippen LogP contribution in [-0.4, -0.2) is 30.6 Å². The van der Waals surface area contributed by atoms with Gasteiger partial charge in [0.1, 0.15) is 6.10 Å². The predicted octanol–water partition coefficient (Wildman–Crippen LogP) is 7.66. The molecule has 2 saturated heterocycles. The normalized spacial score (nSPS) is 51.5. The van der Waals surface area contributed by atoms with Crippen LogP contribution in [0, 0.1) is 52.3 Å². The summed E-state index contributed by atoms with van der Waals surface area (Å²) < 4.78 is 19.5. The Hall–Kier alpha value is -1.39. The van der Waals surface area contributed by atoms with Gasteiger partial charge in [0.2, 0.25) is 0 Å². The monoisotopic (exact) mass is 520 g/mol. The van der Waals surface area contributed by atoms with E-state index in [1.54, 1.807) is 0 Å². The van der Waals surface area contributed by atoms with Crippen molar-refractivity contribution in [2.45, 2.75) is 110 Å². The summed E-state index contributed by atoms with van der Waals surface area (Å²) in [4.78, 5) is 12.7. The zero-order valence-electron chi connectivity index (χ0n) is 24.0. The van der Waals surface area contributed by atoms with Crippen LogP contribution in [0.5, 0.6) is 0 Å². The van der Waals surface area contributed by atoms with Crippen LogP contribution in [-0.2, 0) is 14.2 Å². The first-order valence-corrected chi connectivity index (χ1v) is 15.8. The van der Waals surface area contributed by atoms with Gasteiger partial charge in [-0.2, -0.15) is 0 Å². The lowest BCUT2D eigenvalue weighted by molar-refractivity contribution is -0.273. The van der Waals surface area contributed by atoms with Gasteiger partial charge in [-0.3, -0.25) is 0 Å². The number of fused-ring (bicyclic) bond motifs is 7. The number of hydrogen-bond donors (Lipinski definition) is 0. The number of carbonyl (C=O) groups excluding carboxylic acids is 1. The van der Waals surface area contributed by atoms with Crippen LogP contribution >= 0.6 is 0 Å². The molecule has 0 unspecified atom stereocenters. The van der Waals surface area contributed by atoms with E-state index < -0.39 is 0 Å². The highest BCUT2D eigenvalue weighted by Crippen LogP contribution is 2.71. The second kappa shape index (κ2) is 9.06. The van der Waals surface area contributed by atoms with Crippen molar-refractivity contribution in [3.63, 3.8) is 0 Å². The molecule has 12 atom stereocenters. The quantitative estimate of drug-likeness (QED) is 0.376. The van der Waals surface area contributed by atoms with Gasteiger partial charge in [-0.1, -0.05) is 45.9 Å². The molecule has 4 saturated carbocycles. The molecule has 1 aromatic carbocycles. The van der Waals surface area contributed by atoms with Crippen molar-refractivity contribution in [2.75, 3.05) is 6.61 Å². The van der Waals surface area contributed by atoms with Crippen LogP contribution in [0.4, 0.5) is 0 Å². The average Bonchev–Trinajstić information content (AvgIpc) is 3.36. The maximum absolute atomic E-state index is 12.7. The number of ether oxygens (including phenoxy) is 3. The smallest absolute Gasteiger partial charge is 0.338 e. The summed E-state index contributed by atoms with van der Waals surface area (Å²) in [7, 11) is 0. The van der Waals surface area contributed by atoms with E-state index in [0.717, 1.165) is 43.6 Å². The molecule has 4 aliphatic carbocycles. The van der Waals surface area contributed by atoms with E-state index in [-0.39, 0.29) is 17.9 Å². The third-order valence-electron chi connectivity index (χ3n) is 13.2. The molecule has 0 bridgehead atoms. The zero-order chi connectivity index (χ0) is 26.3. The second-order valence-electron chi connectivity index (χ2n) is 14.8. The molecule has 4 nitrogen and oxygen atoms in total. The van der Waals surface area contributed by atoms with Crippen LogP contribution in [0.1, 0.15) is 102 Å². The molecule has 7 rings (SSSR count). The van der Waals surface area contributed by atoms with Gasteiger partial charge in [0, 0.05) is 12.3 Å². The third kappa shape index (κ3) is 3.71. The molecule has 0 N–H and O–H groups in total. The van der Waals surface area contributed by atoms with Gasteiger partial charge in [-0.15, -0.1) is 0 Å². The topological polar surface area (TPSA) is 44.8 Å². The molecule has 208 valence electrons. The summed E-state index contributed by atoms with van der Waals surface area (Å²) in [6.07, 6.45) is 12.6. The fourth-order valence-corrected chi connectivity index (χ4v) is 11.1. The van der Waals surface area contributed by atoms with Crippen molar-refractivity contribution >= 4 is 5.97 Å². The molecule has 1 spiro atoms. The molecule has 38 heavy (non-hydrogen) atoms. The van der Waals surface area contributed by atoms with E-state index in [4.69, 9.17) is 14.2 Å². The Kier molecular flexibility index (Phi) is 6.10. The SMILES string of the molecule is C[C@@H]1CC[C@@]2(OC1)O[C@H]1C[C@H]3[C@@H]4CC[C@H]5C[C@H](OC(=O)c6ccccc6)CC[C@]5(C)[C@H]4CC[C@]3(C)[C@H]1[C@@H]2C. The predicted molar refractivity (Wildman–Crippen MR) is 147 cm³/mol. The van der Waals surface area contributed by atoms with E-state index >= 15 is 0 Å². The minimum Gasteiger partial charge on any atom is -0.459 e. The van der Waals surface area contributed by atoms with Gasteiger partial charge < -0.3 is 14.2 Å². The summed E-state index contributed by atoms with van der Waals surface area (Å²) in [5.41, 5.74) is 1.44. The Labute approximate surface area is 229 Å². The van der Waals surface area contributed by atoms with Gasteiger partial charge in [0.05, 0.1) is 18.3 Å². The number of rotatable bonds is 2. The van der Waals surface area contributed by atoms with Gasteiger partial charge in [0.25, 0.3) is 0 Å². The molecule has 0 amide bonds. The molecule has 6 aliphatic rings. The van der Waals surface area contributed by atoms with Crippen molar-refractivity contribution in [1.82, 2.24) is 0 Å². The molecular formula is C34H48O4. The maximum atomic E-state index is 12.7. The molecule has 2 aliphatic heterocycles. The first-order valence-electron chi connectivity index (χ1n) is 15.8. The highest BCUT2D eigenvalue weighted by molar-refractivity contribution is 5.89. The Morgan fingerprint density at radius 3 is 2.45 bits per heavy atom. The lowest BCUT2D eigenvalue weighted by atomic mass is 9.44. The van der Waals surface area contributed by atoms with Crippen molar-refractivity contribution < 1.29 is 19.0 Å². The van der Waals surface area contributed by atoms with E-state index in [2.05, 4.69) is 27.7 Å². The van der Waals surface area contributed by atoms with Gasteiger partial charge in [-0.25, -0.2) is 4.79 Å². The third-order valence-corrected chi connectivity index (χ3v) is 13.2. The molecule has 0 aromatic heterocycles. The Balaban J connectivity index is 1.05. The maximum Gasteiger partial charge on any atom is 0.338 e. The van der Waals surface area contributed by atoms with Crippen molar-refractivity contribution in [1.29, 1.82) is 0 Å². The molecule has 4 heteroatoms. The summed E-state index contributed by atoms with van der Waals surface area (Å²) in [5.74, 6) is 4.41. The van der Waals surface area contributed by atoms with Crippen molar-refractivity contribution in [2.24, 2.45) is 52.3 Å². The van der Waals surface area contributed by atoms with Crippen molar-refractivity contribution in [3.8, 4) is 0 Å². The highest BCUT2D eigenvalue weighted by Gasteiger charge is 2.69. The van der Waals surface area contributed by atoms with E-state index in [9.17, 15) is 4.79 Å². The molecule has 2 heterocycles. The number of benzene rings is 1. The van der Waals surface area contributed by atoms with E-state index in [1.165, 1.54) is 44.9 Å². The standard InChI is InChI=1S/C34H48O4/c1-21-12-17-34(36-20-21)22(2)30-29(38-34)19-28-26-11-10-24-18-25(37-31(35)23-8-6-5-7-9-23)13-15-32(24,3)27(26)14-16-33(28,30)4/h5-9,21-22,24-30H,10-20H2,1-4H3/t21-,22+,24+,25-,26-,27+,28+,29+,30+,32+,33+,34-/m1/s1. The minimum absolute atomic E-state index is 0.0701. The van der Waals surface area contributed by atoms with E-state index in [0.29, 0.717) is 46.2 Å². The van der Waals surface area contributed by atoms with Crippen molar-refractivity contribution in [3.05, 3.63) is 35.9 Å². The minimum atomic E-state index is -0.314. The summed E-state index contributed by atoms with van der Waals surface area (Å²) >= 11 is 0. The highest BCUT2D eigenvalue weighted by atomic mass is 16.7. The van der Waals surface area contributed by atoms with Crippen LogP contribution in [0.15, 0.2) is 30.3 Å². The summed E-state index contributed by atoms with van der Waals surface area (Å²) in [5, 5.41) is 0. The zero-order valence-corrected chi connectivity index (χ0v) is 24.0. The Morgan fingerprint density at radius 2 is 1.68 bits per heavy atom. The molecule has 0 radical (unpaired) electrons. The molecule has 6 fully saturated rings. The molecule has 1 aromatic rings. The van der Waals surface area contributed by atoms with Crippen LogP contribution < -0.4 is 0 Å². The fourth-order valence-electron chi connectivity index (χ4n) is 11.1. The average molecular weight is 521 g/mol. The van der Waals surface area contributed by atoms with Crippen LogP contribution in [0.2, 0.25) is 0 Å². The lowest BCUT2D eigenvalue weighted by Gasteiger charge is -2.61. The first kappa shape index (κ1) is 25.6. The second-order valence-corrected chi connectivity index (χ2v) is 14.8. The Morgan fingerprint density at radius 1 is 0.895 bits per heavy atom. The lowest BCUT2D eigenvalue weighted by Crippen LogP contribution is -2.55.